The highest BCUT2D eigenvalue weighted by molar-refractivity contribution is 6.57. The van der Waals surface area contributed by atoms with Crippen molar-refractivity contribution < 1.29 is 9.59 Å². The Morgan fingerprint density at radius 1 is 1.00 bits per heavy atom. The molecule has 0 saturated carbocycles. The topological polar surface area (TPSA) is 40.6 Å². The molecule has 0 N–H and O–H groups in total. The van der Waals surface area contributed by atoms with Gasteiger partial charge in [0.05, 0.1) is 12.1 Å². The van der Waals surface area contributed by atoms with Crippen LogP contribution in [-0.4, -0.2) is 62.3 Å². The van der Waals surface area contributed by atoms with Crippen LogP contribution >= 0.6 is 0 Å². The van der Waals surface area contributed by atoms with Crippen molar-refractivity contribution in [3.05, 3.63) is 0 Å². The molecule has 4 nitrogen and oxygen atoms in total. The number of likely N-dealkylation sites (tertiary alicyclic amines) is 2. The van der Waals surface area contributed by atoms with Gasteiger partial charge in [-0.25, -0.2) is 0 Å². The third kappa shape index (κ3) is 1.24. The number of carbonyl (C=O) groups excluding carboxylic acids is 2. The van der Waals surface area contributed by atoms with E-state index in [1.807, 2.05) is 9.80 Å². The van der Waals surface area contributed by atoms with Gasteiger partial charge in [-0.15, -0.1) is 0 Å². The SMILES string of the molecule is BC(=O)N1CC2CC1CN2C(B)=O. The lowest BCUT2D eigenvalue weighted by atomic mass is 10.1. The molecule has 0 aromatic heterocycles. The van der Waals surface area contributed by atoms with Crippen LogP contribution in [-0.2, 0) is 0 Å². The summed E-state index contributed by atoms with van der Waals surface area (Å²) in [6.07, 6.45) is 0.971. The summed E-state index contributed by atoms with van der Waals surface area (Å²) in [7, 11) is 3.19. The largest absolute Gasteiger partial charge is 0.345 e. The van der Waals surface area contributed by atoms with Crippen LogP contribution in [0.5, 0.6) is 0 Å². The molecule has 13 heavy (non-hydrogen) atoms. The van der Waals surface area contributed by atoms with E-state index >= 15 is 0 Å². The summed E-state index contributed by atoms with van der Waals surface area (Å²) >= 11 is 0. The van der Waals surface area contributed by atoms with Crippen molar-refractivity contribution in [2.75, 3.05) is 13.1 Å². The van der Waals surface area contributed by atoms with Crippen molar-refractivity contribution in [2.45, 2.75) is 18.5 Å². The molecule has 2 aliphatic heterocycles. The minimum atomic E-state index is 0.135. The quantitative estimate of drug-likeness (QED) is 0.412. The Morgan fingerprint density at radius 2 is 1.38 bits per heavy atom. The predicted molar refractivity (Wildman–Crippen MR) is 53.5 cm³/mol. The van der Waals surface area contributed by atoms with Crippen molar-refractivity contribution in [2.24, 2.45) is 0 Å². The third-order valence-electron chi connectivity index (χ3n) is 3.05. The van der Waals surface area contributed by atoms with Gasteiger partial charge in [0, 0.05) is 13.1 Å². The molecule has 6 heteroatoms. The fraction of sp³-hybridized carbons (Fsp3) is 0.714. The maximum absolute atomic E-state index is 11.1. The molecule has 0 spiro atoms. The lowest BCUT2D eigenvalue weighted by Crippen LogP contribution is -2.50. The molecule has 2 rings (SSSR count). The van der Waals surface area contributed by atoms with E-state index in [0.717, 1.165) is 19.5 Å². The molecule has 2 heterocycles. The van der Waals surface area contributed by atoms with Gasteiger partial charge >= 0.3 is 0 Å². The van der Waals surface area contributed by atoms with Gasteiger partial charge in [-0.1, -0.05) is 0 Å². The van der Waals surface area contributed by atoms with E-state index < -0.39 is 0 Å². The summed E-state index contributed by atoms with van der Waals surface area (Å²) in [5, 5.41) is 0. The molecule has 2 aliphatic rings. The van der Waals surface area contributed by atoms with Gasteiger partial charge < -0.3 is 9.80 Å². The van der Waals surface area contributed by atoms with E-state index in [1.165, 1.54) is 0 Å². The van der Waals surface area contributed by atoms with E-state index in [2.05, 4.69) is 0 Å². The molecular formula is C7H12B2N2O2. The summed E-state index contributed by atoms with van der Waals surface area (Å²) in [5.41, 5.74) is 0. The van der Waals surface area contributed by atoms with Crippen LogP contribution in [0.1, 0.15) is 6.42 Å². The lowest BCUT2D eigenvalue weighted by Gasteiger charge is -2.33. The first-order chi connectivity index (χ1) is 6.09. The van der Waals surface area contributed by atoms with Crippen molar-refractivity contribution in [1.82, 2.24) is 9.80 Å². The zero-order valence-corrected chi connectivity index (χ0v) is 7.99. The van der Waals surface area contributed by atoms with E-state index in [-0.39, 0.29) is 23.7 Å². The fourth-order valence-corrected chi connectivity index (χ4v) is 2.44. The molecule has 2 saturated heterocycles. The standard InChI is InChI=1S/C7H12B2N2O2/c8-6(12)10-2-4-1-5(10)3-11(4)7(9)13/h4-5H,1-3,8-9H2. The van der Waals surface area contributed by atoms with E-state index in [1.54, 1.807) is 15.7 Å². The number of amides is 2. The number of rotatable bonds is 0. The predicted octanol–water partition coefficient (Wildman–Crippen LogP) is -1.75. The number of hydrogen-bond donors (Lipinski definition) is 0. The Balaban J connectivity index is 2.07. The van der Waals surface area contributed by atoms with Gasteiger partial charge in [0.2, 0.25) is 15.7 Å². The maximum atomic E-state index is 11.1. The first-order valence-corrected chi connectivity index (χ1v) is 4.64. The second kappa shape index (κ2) is 2.79. The minimum absolute atomic E-state index is 0.135. The Morgan fingerprint density at radius 3 is 1.62 bits per heavy atom. The number of nitrogens with zero attached hydrogens (tertiary/aromatic N) is 2. The van der Waals surface area contributed by atoms with Gasteiger partial charge in [0.25, 0.3) is 0 Å². The van der Waals surface area contributed by atoms with E-state index in [0.29, 0.717) is 0 Å². The van der Waals surface area contributed by atoms with Crippen LogP contribution in [0, 0.1) is 0 Å². The van der Waals surface area contributed by atoms with Gasteiger partial charge in [0.1, 0.15) is 0 Å². The average molecular weight is 178 g/mol. The molecule has 2 bridgehead atoms. The first-order valence-electron chi connectivity index (χ1n) is 4.64. The van der Waals surface area contributed by atoms with Crippen molar-refractivity contribution >= 4 is 27.3 Å². The molecular weight excluding hydrogens is 166 g/mol. The summed E-state index contributed by atoms with van der Waals surface area (Å²) in [6, 6.07) is 0.567. The molecule has 2 unspecified atom stereocenters. The molecule has 2 atom stereocenters. The highest BCUT2D eigenvalue weighted by atomic mass is 16.2. The van der Waals surface area contributed by atoms with Crippen molar-refractivity contribution in [3.8, 4) is 0 Å². The molecule has 68 valence electrons. The van der Waals surface area contributed by atoms with Crippen LogP contribution in [0.15, 0.2) is 0 Å². The van der Waals surface area contributed by atoms with Crippen molar-refractivity contribution in [1.29, 1.82) is 0 Å². The van der Waals surface area contributed by atoms with Crippen LogP contribution < -0.4 is 0 Å². The summed E-state index contributed by atoms with van der Waals surface area (Å²) in [4.78, 5) is 26.0. The zero-order chi connectivity index (χ0) is 9.59. The molecule has 0 aromatic rings. The summed E-state index contributed by atoms with van der Waals surface area (Å²) in [6.45, 7) is 1.47. The smallest absolute Gasteiger partial charge is 0.215 e. The normalized spacial score (nSPS) is 31.1. The maximum Gasteiger partial charge on any atom is 0.215 e. The zero-order valence-electron chi connectivity index (χ0n) is 7.99. The second-order valence-corrected chi connectivity index (χ2v) is 3.89. The highest BCUT2D eigenvalue weighted by Crippen LogP contribution is 2.30. The van der Waals surface area contributed by atoms with Gasteiger partial charge in [0.15, 0.2) is 11.6 Å². The molecule has 2 amide bonds. The fourth-order valence-electron chi connectivity index (χ4n) is 2.44. The Bertz CT molecular complexity index is 245. The third-order valence-corrected chi connectivity index (χ3v) is 3.05. The molecule has 0 aromatic carbocycles. The second-order valence-electron chi connectivity index (χ2n) is 3.89. The Hall–Kier alpha value is -0.930. The first kappa shape index (κ1) is 8.66. The average Bonchev–Trinajstić information content (AvgIpc) is 2.60. The van der Waals surface area contributed by atoms with Crippen LogP contribution in [0.2, 0.25) is 0 Å². The molecule has 0 aliphatic carbocycles. The van der Waals surface area contributed by atoms with Crippen molar-refractivity contribution in [3.63, 3.8) is 0 Å². The summed E-state index contributed by atoms with van der Waals surface area (Å²) in [5.74, 6) is 0.270. The number of carbonyl (C=O) groups is 2. The van der Waals surface area contributed by atoms with E-state index in [9.17, 15) is 9.59 Å². The Kier molecular flexibility index (Phi) is 1.86. The van der Waals surface area contributed by atoms with Gasteiger partial charge in [-0.3, -0.25) is 9.59 Å². The molecule has 0 radical (unpaired) electrons. The van der Waals surface area contributed by atoms with Crippen LogP contribution in [0.25, 0.3) is 0 Å². The summed E-state index contributed by atoms with van der Waals surface area (Å²) < 4.78 is 0. The minimum Gasteiger partial charge on any atom is -0.345 e. The van der Waals surface area contributed by atoms with Gasteiger partial charge in [-0.05, 0) is 6.42 Å². The van der Waals surface area contributed by atoms with Gasteiger partial charge in [-0.2, -0.15) is 0 Å². The Labute approximate surface area is 79.1 Å². The lowest BCUT2D eigenvalue weighted by molar-refractivity contribution is 0.164. The highest BCUT2D eigenvalue weighted by Gasteiger charge is 2.44. The van der Waals surface area contributed by atoms with Crippen LogP contribution in [0.3, 0.4) is 0 Å². The number of hydrogen-bond acceptors (Lipinski definition) is 2. The van der Waals surface area contributed by atoms with Crippen LogP contribution in [0.4, 0.5) is 9.59 Å². The number of fused-ring (bicyclic) bond motifs is 2. The number of piperazine rings is 1. The monoisotopic (exact) mass is 178 g/mol. The molecule has 2 fully saturated rings. The van der Waals surface area contributed by atoms with E-state index in [4.69, 9.17) is 0 Å².